The third-order valence-corrected chi connectivity index (χ3v) is 6.54. The van der Waals surface area contributed by atoms with Crippen LogP contribution in [0.4, 0.5) is 0 Å². The first kappa shape index (κ1) is 21.7. The highest BCUT2D eigenvalue weighted by molar-refractivity contribution is 5.78. The first-order valence-corrected chi connectivity index (χ1v) is 11.3. The van der Waals surface area contributed by atoms with E-state index < -0.39 is 0 Å². The fourth-order valence-electron chi connectivity index (χ4n) is 4.70. The van der Waals surface area contributed by atoms with Crippen molar-refractivity contribution in [2.24, 2.45) is 0 Å². The number of nitrogens with zero attached hydrogens (tertiary/aromatic N) is 3. The molecule has 0 spiro atoms. The van der Waals surface area contributed by atoms with Crippen molar-refractivity contribution in [2.75, 3.05) is 33.9 Å². The zero-order valence-corrected chi connectivity index (χ0v) is 18.9. The summed E-state index contributed by atoms with van der Waals surface area (Å²) < 4.78 is 16.9. The lowest BCUT2D eigenvalue weighted by Gasteiger charge is -2.36. The molecule has 2 fully saturated rings. The Balaban J connectivity index is 1.47. The highest BCUT2D eigenvalue weighted by Crippen LogP contribution is 2.34. The molecule has 1 amide bonds. The number of ether oxygens (including phenoxy) is 2. The van der Waals surface area contributed by atoms with Gasteiger partial charge in [0.2, 0.25) is 11.8 Å². The van der Waals surface area contributed by atoms with Crippen molar-refractivity contribution in [3.63, 3.8) is 0 Å². The van der Waals surface area contributed by atoms with E-state index in [1.54, 1.807) is 14.2 Å². The molecule has 2 aliphatic rings. The number of amides is 1. The minimum Gasteiger partial charge on any atom is -0.497 e. The van der Waals surface area contributed by atoms with Crippen LogP contribution < -0.4 is 9.47 Å². The number of methoxy groups -OCH3 is 2. The molecule has 0 aliphatic carbocycles. The second-order valence-corrected chi connectivity index (χ2v) is 8.48. The number of oxazole rings is 1. The second kappa shape index (κ2) is 9.73. The van der Waals surface area contributed by atoms with Crippen molar-refractivity contribution in [3.8, 4) is 23.0 Å². The van der Waals surface area contributed by atoms with Crippen LogP contribution in [0.15, 0.2) is 22.6 Å². The van der Waals surface area contributed by atoms with Gasteiger partial charge in [0.05, 0.1) is 25.5 Å². The Bertz CT molecular complexity index is 910. The molecular weight excluding hydrogens is 394 g/mol. The maximum absolute atomic E-state index is 12.0. The Morgan fingerprint density at radius 3 is 2.77 bits per heavy atom. The molecule has 1 aromatic carbocycles. The minimum absolute atomic E-state index is 0.313. The second-order valence-electron chi connectivity index (χ2n) is 8.48. The highest BCUT2D eigenvalue weighted by atomic mass is 16.5. The van der Waals surface area contributed by atoms with Gasteiger partial charge in [-0.15, -0.1) is 0 Å². The van der Waals surface area contributed by atoms with Gasteiger partial charge in [0.25, 0.3) is 0 Å². The molecule has 3 heterocycles. The topological polar surface area (TPSA) is 68.0 Å². The van der Waals surface area contributed by atoms with Crippen molar-refractivity contribution >= 4 is 5.91 Å². The number of benzene rings is 1. The van der Waals surface area contributed by atoms with Gasteiger partial charge in [-0.2, -0.15) is 0 Å². The Morgan fingerprint density at radius 2 is 2.03 bits per heavy atom. The third-order valence-electron chi connectivity index (χ3n) is 6.54. The van der Waals surface area contributed by atoms with Crippen molar-refractivity contribution in [1.82, 2.24) is 14.8 Å². The van der Waals surface area contributed by atoms with Crippen molar-refractivity contribution in [3.05, 3.63) is 29.7 Å². The van der Waals surface area contributed by atoms with E-state index >= 15 is 0 Å². The lowest BCUT2D eigenvalue weighted by atomic mass is 9.98. The number of hydrogen-bond acceptors (Lipinski definition) is 6. The maximum atomic E-state index is 12.0. The number of carbonyl (C=O) groups excluding carboxylic acids is 1. The van der Waals surface area contributed by atoms with Crippen LogP contribution in [-0.2, 0) is 11.3 Å². The summed E-state index contributed by atoms with van der Waals surface area (Å²) in [6, 6.07) is 6.13. The lowest BCUT2D eigenvalue weighted by molar-refractivity contribution is -0.127. The van der Waals surface area contributed by atoms with E-state index in [1.807, 2.05) is 30.0 Å². The Morgan fingerprint density at radius 1 is 1.16 bits per heavy atom. The molecule has 1 aromatic heterocycles. The van der Waals surface area contributed by atoms with E-state index in [0.29, 0.717) is 30.0 Å². The Kier molecular flexibility index (Phi) is 6.80. The number of aryl methyl sites for hydroxylation is 1. The molecule has 31 heavy (non-hydrogen) atoms. The fraction of sp³-hybridized carbons (Fsp3) is 0.583. The molecule has 1 unspecified atom stereocenters. The fourth-order valence-corrected chi connectivity index (χ4v) is 4.70. The van der Waals surface area contributed by atoms with Crippen LogP contribution in [-0.4, -0.2) is 60.6 Å². The van der Waals surface area contributed by atoms with Gasteiger partial charge in [0.1, 0.15) is 17.3 Å². The quantitative estimate of drug-likeness (QED) is 0.634. The van der Waals surface area contributed by atoms with Gasteiger partial charge in [-0.05, 0) is 51.3 Å². The van der Waals surface area contributed by atoms with Crippen LogP contribution >= 0.6 is 0 Å². The number of carbonyl (C=O) groups is 1. The summed E-state index contributed by atoms with van der Waals surface area (Å²) in [7, 11) is 3.27. The van der Waals surface area contributed by atoms with E-state index in [1.165, 1.54) is 19.3 Å². The normalized spacial score (nSPS) is 19.8. The molecule has 2 saturated heterocycles. The molecule has 4 rings (SSSR count). The lowest BCUT2D eigenvalue weighted by Crippen LogP contribution is -2.41. The van der Waals surface area contributed by atoms with Gasteiger partial charge in [-0.25, -0.2) is 4.98 Å². The summed E-state index contributed by atoms with van der Waals surface area (Å²) in [5.41, 5.74) is 1.79. The van der Waals surface area contributed by atoms with Crippen LogP contribution in [0.3, 0.4) is 0 Å². The zero-order valence-electron chi connectivity index (χ0n) is 18.9. The summed E-state index contributed by atoms with van der Waals surface area (Å²) in [4.78, 5) is 21.3. The molecule has 168 valence electrons. The molecule has 0 radical (unpaired) electrons. The number of piperidine rings is 1. The molecule has 7 nitrogen and oxygen atoms in total. The number of aromatic nitrogens is 1. The zero-order chi connectivity index (χ0) is 21.8. The average molecular weight is 428 g/mol. The average Bonchev–Trinajstić information content (AvgIpc) is 3.37. The predicted molar refractivity (Wildman–Crippen MR) is 118 cm³/mol. The van der Waals surface area contributed by atoms with Gasteiger partial charge in [-0.3, -0.25) is 9.69 Å². The van der Waals surface area contributed by atoms with E-state index in [0.717, 1.165) is 61.8 Å². The predicted octanol–water partition coefficient (Wildman–Crippen LogP) is 4.03. The molecule has 0 bridgehead atoms. The van der Waals surface area contributed by atoms with Gasteiger partial charge in [-0.1, -0.05) is 6.42 Å². The van der Waals surface area contributed by atoms with Crippen LogP contribution in [0.5, 0.6) is 11.5 Å². The summed E-state index contributed by atoms with van der Waals surface area (Å²) in [5.74, 6) is 3.14. The monoisotopic (exact) mass is 427 g/mol. The number of likely N-dealkylation sites (tertiary alicyclic amines) is 2. The van der Waals surface area contributed by atoms with E-state index in [-0.39, 0.29) is 0 Å². The summed E-state index contributed by atoms with van der Waals surface area (Å²) in [5, 5.41) is 0. The van der Waals surface area contributed by atoms with Crippen LogP contribution in [0.1, 0.15) is 50.0 Å². The van der Waals surface area contributed by atoms with Crippen molar-refractivity contribution in [1.29, 1.82) is 0 Å². The van der Waals surface area contributed by atoms with Crippen LogP contribution in [0, 0.1) is 6.92 Å². The van der Waals surface area contributed by atoms with Crippen molar-refractivity contribution < 1.29 is 18.7 Å². The highest BCUT2D eigenvalue weighted by Gasteiger charge is 2.27. The summed E-state index contributed by atoms with van der Waals surface area (Å²) in [6.45, 7) is 5.59. The van der Waals surface area contributed by atoms with Crippen LogP contribution in [0.25, 0.3) is 11.5 Å². The third kappa shape index (κ3) is 4.87. The first-order chi connectivity index (χ1) is 15.1. The number of rotatable bonds is 8. The van der Waals surface area contributed by atoms with Gasteiger partial charge < -0.3 is 18.8 Å². The van der Waals surface area contributed by atoms with Gasteiger partial charge in [0, 0.05) is 38.2 Å². The SMILES string of the molecule is COc1ccc(-c2nc(CN3CCCCC3CCN3CCCC3=O)c(C)o2)c(OC)c1. The van der Waals surface area contributed by atoms with Crippen LogP contribution in [0.2, 0.25) is 0 Å². The molecule has 2 aromatic rings. The van der Waals surface area contributed by atoms with E-state index in [4.69, 9.17) is 18.9 Å². The smallest absolute Gasteiger partial charge is 0.230 e. The molecule has 0 N–H and O–H groups in total. The Labute approximate surface area is 184 Å². The molecule has 2 aliphatic heterocycles. The Hall–Kier alpha value is -2.54. The van der Waals surface area contributed by atoms with E-state index in [2.05, 4.69) is 4.90 Å². The number of hydrogen-bond donors (Lipinski definition) is 0. The van der Waals surface area contributed by atoms with E-state index in [9.17, 15) is 4.79 Å². The molecule has 7 heteroatoms. The standard InChI is InChI=1S/C24H33N3O4/c1-17-21(25-24(31-17)20-10-9-19(29-2)15-22(20)30-3)16-27-12-5-4-7-18(27)11-14-26-13-6-8-23(26)28/h9-10,15,18H,4-8,11-14,16H2,1-3H3. The largest absolute Gasteiger partial charge is 0.497 e. The summed E-state index contributed by atoms with van der Waals surface area (Å²) in [6.07, 6.45) is 6.38. The van der Waals surface area contributed by atoms with Crippen molar-refractivity contribution in [2.45, 2.75) is 58.0 Å². The minimum atomic E-state index is 0.313. The first-order valence-electron chi connectivity index (χ1n) is 11.3. The van der Waals surface area contributed by atoms with Gasteiger partial charge in [0.15, 0.2) is 0 Å². The maximum Gasteiger partial charge on any atom is 0.230 e. The summed E-state index contributed by atoms with van der Waals surface area (Å²) >= 11 is 0. The molecular formula is C24H33N3O4. The molecule has 1 atom stereocenters. The van der Waals surface area contributed by atoms with Gasteiger partial charge >= 0.3 is 0 Å². The molecule has 0 saturated carbocycles.